The molecule has 3 N–H and O–H groups in total. The number of guanidine groups is 1. The fourth-order valence-corrected chi connectivity index (χ4v) is 1.31. The molecule has 1 fully saturated rings. The number of nitrogens with one attached hydrogen (secondary N) is 1. The van der Waals surface area contributed by atoms with Crippen LogP contribution in [0.3, 0.4) is 0 Å². The second-order valence-electron chi connectivity index (χ2n) is 3.11. The number of rotatable bonds is 3. The number of nitrogens with two attached hydrogens (primary N) is 1. The summed E-state index contributed by atoms with van der Waals surface area (Å²) in [5.74, 6) is 1.42. The fourth-order valence-electron chi connectivity index (χ4n) is 1.31. The number of nitrogens with zero attached hydrogens (tertiary/aromatic N) is 1. The first-order chi connectivity index (χ1) is 5.27. The second-order valence-corrected chi connectivity index (χ2v) is 3.11. The molecule has 64 valence electrons. The Morgan fingerprint density at radius 3 is 2.73 bits per heavy atom. The molecule has 1 atom stereocenters. The maximum Gasteiger partial charge on any atom is 0.188 e. The van der Waals surface area contributed by atoms with Gasteiger partial charge in [0, 0.05) is 13.1 Å². The number of aliphatic imine (C=N–C) groups is 1. The summed E-state index contributed by atoms with van der Waals surface area (Å²) in [6, 6.07) is 0.554. The molecule has 1 unspecified atom stereocenters. The minimum absolute atomic E-state index is 0.554. The van der Waals surface area contributed by atoms with E-state index in [1.54, 1.807) is 7.05 Å². The molecule has 0 radical (unpaired) electrons. The monoisotopic (exact) mass is 155 g/mol. The molecule has 0 aromatic rings. The fraction of sp³-hybridized carbons (Fsp3) is 0.875. The van der Waals surface area contributed by atoms with Crippen LogP contribution in [0.15, 0.2) is 4.99 Å². The third-order valence-corrected chi connectivity index (χ3v) is 2.21. The van der Waals surface area contributed by atoms with Gasteiger partial charge in [-0.1, -0.05) is 6.92 Å². The molecule has 0 aromatic carbocycles. The van der Waals surface area contributed by atoms with Crippen molar-refractivity contribution in [3.8, 4) is 0 Å². The van der Waals surface area contributed by atoms with E-state index in [-0.39, 0.29) is 0 Å². The Morgan fingerprint density at radius 2 is 2.36 bits per heavy atom. The van der Waals surface area contributed by atoms with Gasteiger partial charge < -0.3 is 11.1 Å². The maximum atomic E-state index is 5.55. The molecule has 11 heavy (non-hydrogen) atoms. The van der Waals surface area contributed by atoms with E-state index in [4.69, 9.17) is 5.73 Å². The molecule has 0 spiro atoms. The molecular weight excluding hydrogens is 138 g/mol. The summed E-state index contributed by atoms with van der Waals surface area (Å²) in [5.41, 5.74) is 5.55. The van der Waals surface area contributed by atoms with Crippen molar-refractivity contribution >= 4 is 5.96 Å². The molecule has 1 saturated carbocycles. The Hall–Kier alpha value is -0.730. The third-order valence-electron chi connectivity index (χ3n) is 2.21. The molecule has 1 aliphatic rings. The topological polar surface area (TPSA) is 50.4 Å². The Bertz CT molecular complexity index is 149. The van der Waals surface area contributed by atoms with Gasteiger partial charge in [-0.15, -0.1) is 0 Å². The van der Waals surface area contributed by atoms with Crippen molar-refractivity contribution in [1.29, 1.82) is 0 Å². The molecule has 0 amide bonds. The quantitative estimate of drug-likeness (QED) is 0.466. The minimum atomic E-state index is 0.554. The summed E-state index contributed by atoms with van der Waals surface area (Å²) in [6.45, 7) is 2.18. The highest BCUT2D eigenvalue weighted by Crippen LogP contribution is 2.33. The van der Waals surface area contributed by atoms with Crippen LogP contribution >= 0.6 is 0 Å². The summed E-state index contributed by atoms with van der Waals surface area (Å²) >= 11 is 0. The largest absolute Gasteiger partial charge is 0.370 e. The predicted molar refractivity (Wildman–Crippen MR) is 47.5 cm³/mol. The summed E-state index contributed by atoms with van der Waals surface area (Å²) in [6.07, 6.45) is 3.84. The molecule has 0 aliphatic heterocycles. The molecule has 0 aromatic heterocycles. The van der Waals surface area contributed by atoms with Crippen LogP contribution in [0.1, 0.15) is 26.2 Å². The van der Waals surface area contributed by atoms with E-state index in [0.717, 1.165) is 12.3 Å². The van der Waals surface area contributed by atoms with Crippen molar-refractivity contribution in [2.24, 2.45) is 16.6 Å². The van der Waals surface area contributed by atoms with Crippen molar-refractivity contribution in [2.45, 2.75) is 32.2 Å². The maximum absolute atomic E-state index is 5.55. The van der Waals surface area contributed by atoms with Gasteiger partial charge in [-0.25, -0.2) is 0 Å². The lowest BCUT2D eigenvalue weighted by atomic mass is 10.1. The van der Waals surface area contributed by atoms with Gasteiger partial charge in [0.15, 0.2) is 5.96 Å². The lowest BCUT2D eigenvalue weighted by Gasteiger charge is -2.15. The van der Waals surface area contributed by atoms with Crippen LogP contribution in [0.2, 0.25) is 0 Å². The standard InChI is InChI=1S/C8H17N3/c1-3-7(6-4-5-6)11-8(9)10-2/h6-7H,3-5H2,1-2H3,(H3,9,10,11). The van der Waals surface area contributed by atoms with E-state index in [1.807, 2.05) is 0 Å². The van der Waals surface area contributed by atoms with Crippen molar-refractivity contribution in [2.75, 3.05) is 7.05 Å². The van der Waals surface area contributed by atoms with E-state index < -0.39 is 0 Å². The van der Waals surface area contributed by atoms with Crippen LogP contribution in [0.25, 0.3) is 0 Å². The van der Waals surface area contributed by atoms with Gasteiger partial charge in [0.2, 0.25) is 0 Å². The summed E-state index contributed by atoms with van der Waals surface area (Å²) in [5, 5.41) is 3.21. The Kier molecular flexibility index (Phi) is 2.74. The van der Waals surface area contributed by atoms with Gasteiger partial charge in [0.1, 0.15) is 0 Å². The smallest absolute Gasteiger partial charge is 0.188 e. The highest BCUT2D eigenvalue weighted by molar-refractivity contribution is 5.77. The Balaban J connectivity index is 2.31. The SMILES string of the molecule is CCC(NC(N)=NC)C1CC1. The van der Waals surface area contributed by atoms with Gasteiger partial charge in [-0.2, -0.15) is 0 Å². The van der Waals surface area contributed by atoms with E-state index >= 15 is 0 Å². The summed E-state index contributed by atoms with van der Waals surface area (Å²) in [7, 11) is 1.71. The van der Waals surface area contributed by atoms with Crippen LogP contribution in [0.4, 0.5) is 0 Å². The average Bonchev–Trinajstić information content (AvgIpc) is 2.82. The van der Waals surface area contributed by atoms with E-state index in [1.165, 1.54) is 12.8 Å². The predicted octanol–water partition coefficient (Wildman–Crippen LogP) is 0.709. The lowest BCUT2D eigenvalue weighted by Crippen LogP contribution is -2.40. The first-order valence-corrected chi connectivity index (χ1v) is 4.26. The molecule has 3 heteroatoms. The highest BCUT2D eigenvalue weighted by Gasteiger charge is 2.29. The van der Waals surface area contributed by atoms with Gasteiger partial charge in [0.05, 0.1) is 0 Å². The van der Waals surface area contributed by atoms with Crippen LogP contribution in [0.5, 0.6) is 0 Å². The second kappa shape index (κ2) is 3.60. The van der Waals surface area contributed by atoms with Crippen LogP contribution in [-0.4, -0.2) is 19.0 Å². The van der Waals surface area contributed by atoms with Crippen LogP contribution in [0, 0.1) is 5.92 Å². The zero-order valence-corrected chi connectivity index (χ0v) is 7.30. The third kappa shape index (κ3) is 2.41. The average molecular weight is 155 g/mol. The summed E-state index contributed by atoms with van der Waals surface area (Å²) < 4.78 is 0. The minimum Gasteiger partial charge on any atom is -0.370 e. The molecule has 1 rings (SSSR count). The lowest BCUT2D eigenvalue weighted by molar-refractivity contribution is 0.522. The van der Waals surface area contributed by atoms with E-state index in [0.29, 0.717) is 12.0 Å². The molecular formula is C8H17N3. The first-order valence-electron chi connectivity index (χ1n) is 4.26. The van der Waals surface area contributed by atoms with Gasteiger partial charge in [-0.05, 0) is 25.2 Å². The molecule has 0 saturated heterocycles. The molecule has 3 nitrogen and oxygen atoms in total. The first kappa shape index (κ1) is 8.37. The van der Waals surface area contributed by atoms with Crippen LogP contribution in [-0.2, 0) is 0 Å². The molecule has 1 aliphatic carbocycles. The number of hydrogen-bond acceptors (Lipinski definition) is 1. The molecule has 0 heterocycles. The van der Waals surface area contributed by atoms with Crippen molar-refractivity contribution < 1.29 is 0 Å². The van der Waals surface area contributed by atoms with Gasteiger partial charge in [-0.3, -0.25) is 4.99 Å². The van der Waals surface area contributed by atoms with E-state index in [2.05, 4.69) is 17.2 Å². The highest BCUT2D eigenvalue weighted by atomic mass is 15.1. The normalized spacial score (nSPS) is 21.5. The summed E-state index contributed by atoms with van der Waals surface area (Å²) in [4.78, 5) is 3.87. The zero-order chi connectivity index (χ0) is 8.27. The van der Waals surface area contributed by atoms with Crippen LogP contribution < -0.4 is 11.1 Å². The van der Waals surface area contributed by atoms with Gasteiger partial charge >= 0.3 is 0 Å². The van der Waals surface area contributed by atoms with E-state index in [9.17, 15) is 0 Å². The van der Waals surface area contributed by atoms with Crippen molar-refractivity contribution in [3.63, 3.8) is 0 Å². The molecule has 0 bridgehead atoms. The Morgan fingerprint density at radius 1 is 1.73 bits per heavy atom. The van der Waals surface area contributed by atoms with Gasteiger partial charge in [0.25, 0.3) is 0 Å². The van der Waals surface area contributed by atoms with Crippen molar-refractivity contribution in [3.05, 3.63) is 0 Å². The van der Waals surface area contributed by atoms with Crippen molar-refractivity contribution in [1.82, 2.24) is 5.32 Å². The Labute approximate surface area is 68.1 Å². The number of hydrogen-bond donors (Lipinski definition) is 2. The zero-order valence-electron chi connectivity index (χ0n) is 7.30.